The van der Waals surface area contributed by atoms with Crippen molar-refractivity contribution in [1.29, 1.82) is 0 Å². The highest BCUT2D eigenvalue weighted by molar-refractivity contribution is 6.32. The Hall–Kier alpha value is -1.49. The first kappa shape index (κ1) is 11.0. The Morgan fingerprint density at radius 1 is 1.44 bits per heavy atom. The fourth-order valence-corrected chi connectivity index (χ4v) is 1.70. The fraction of sp³-hybridized carbons (Fsp3) is 0.400. The lowest BCUT2D eigenvalue weighted by atomic mass is 10.3. The summed E-state index contributed by atoms with van der Waals surface area (Å²) in [5.41, 5.74) is 7.73. The highest BCUT2D eigenvalue weighted by atomic mass is 35.5. The van der Waals surface area contributed by atoms with Crippen LogP contribution in [0.15, 0.2) is 12.3 Å². The molecule has 0 aromatic carbocycles. The molecule has 0 aliphatic heterocycles. The largest absolute Gasteiger partial charge is 0.381 e. The Bertz CT molecular complexity index is 480. The Balaban J connectivity index is 2.23. The summed E-state index contributed by atoms with van der Waals surface area (Å²) >= 11 is 5.84. The summed E-state index contributed by atoms with van der Waals surface area (Å²) in [6, 6.07) is 2.06. The van der Waals surface area contributed by atoms with Crippen molar-refractivity contribution in [3.63, 3.8) is 0 Å². The molecule has 0 aliphatic rings. The third-order valence-corrected chi connectivity index (χ3v) is 2.75. The molecule has 2 aromatic heterocycles. The van der Waals surface area contributed by atoms with Crippen LogP contribution < -0.4 is 5.73 Å². The van der Waals surface area contributed by atoms with Crippen molar-refractivity contribution in [2.75, 3.05) is 5.73 Å². The van der Waals surface area contributed by atoms with Gasteiger partial charge in [-0.25, -0.2) is 0 Å². The van der Waals surface area contributed by atoms with Gasteiger partial charge in [-0.05, 0) is 12.5 Å². The molecule has 0 spiro atoms. The number of nitrogens with two attached hydrogens (primary N) is 1. The Labute approximate surface area is 98.8 Å². The molecule has 86 valence electrons. The monoisotopic (exact) mass is 239 g/mol. The molecular formula is C10H14ClN5. The van der Waals surface area contributed by atoms with Gasteiger partial charge in [-0.2, -0.15) is 10.2 Å². The molecule has 2 rings (SSSR count). The van der Waals surface area contributed by atoms with E-state index in [1.165, 1.54) is 0 Å². The average Bonchev–Trinajstić information content (AvgIpc) is 2.73. The molecule has 0 amide bonds. The van der Waals surface area contributed by atoms with Gasteiger partial charge in [-0.1, -0.05) is 18.5 Å². The lowest BCUT2D eigenvalue weighted by Gasteiger charge is -2.01. The molecule has 0 bridgehead atoms. The predicted molar refractivity (Wildman–Crippen MR) is 63.3 cm³/mol. The molecule has 0 fully saturated rings. The average molecular weight is 240 g/mol. The lowest BCUT2D eigenvalue weighted by molar-refractivity contribution is 0.619. The highest BCUT2D eigenvalue weighted by Crippen LogP contribution is 2.16. The number of hydrogen-bond donors (Lipinski definition) is 1. The van der Waals surface area contributed by atoms with Crippen LogP contribution in [0.5, 0.6) is 0 Å². The van der Waals surface area contributed by atoms with Crippen LogP contribution in [0, 0.1) is 0 Å². The van der Waals surface area contributed by atoms with E-state index in [0.717, 1.165) is 17.8 Å². The molecule has 0 saturated heterocycles. The van der Waals surface area contributed by atoms with Crippen molar-refractivity contribution in [1.82, 2.24) is 19.6 Å². The summed E-state index contributed by atoms with van der Waals surface area (Å²) in [5, 5.41) is 8.95. The van der Waals surface area contributed by atoms with Crippen molar-refractivity contribution in [2.24, 2.45) is 7.05 Å². The van der Waals surface area contributed by atoms with Crippen LogP contribution in [-0.4, -0.2) is 19.6 Å². The summed E-state index contributed by atoms with van der Waals surface area (Å²) in [5.74, 6) is 0.361. The van der Waals surface area contributed by atoms with Gasteiger partial charge in [-0.15, -0.1) is 0 Å². The Morgan fingerprint density at radius 3 is 2.69 bits per heavy atom. The number of rotatable bonds is 3. The number of hydrogen-bond acceptors (Lipinski definition) is 3. The van der Waals surface area contributed by atoms with Gasteiger partial charge in [0, 0.05) is 13.2 Å². The second-order valence-corrected chi connectivity index (χ2v) is 4.07. The maximum atomic E-state index is 5.84. The van der Waals surface area contributed by atoms with Crippen LogP contribution in [0.2, 0.25) is 5.02 Å². The predicted octanol–water partition coefficient (Wildman–Crippen LogP) is 1.46. The van der Waals surface area contributed by atoms with Crippen LogP contribution in [0.1, 0.15) is 18.3 Å². The van der Waals surface area contributed by atoms with Crippen molar-refractivity contribution in [3.05, 3.63) is 28.7 Å². The molecule has 2 N–H and O–H groups in total. The SMILES string of the molecule is CCc1cc(Cn2cc(Cl)c(N)n2)n(C)n1. The normalized spacial score (nSPS) is 10.9. The third kappa shape index (κ3) is 2.04. The molecule has 0 radical (unpaired) electrons. The molecule has 0 saturated carbocycles. The molecule has 2 aromatic rings. The molecular weight excluding hydrogens is 226 g/mol. The van der Waals surface area contributed by atoms with E-state index in [0.29, 0.717) is 17.4 Å². The molecule has 0 atom stereocenters. The molecule has 0 aliphatic carbocycles. The summed E-state index contributed by atoms with van der Waals surface area (Å²) in [6.45, 7) is 2.70. The van der Waals surface area contributed by atoms with Crippen LogP contribution >= 0.6 is 11.6 Å². The van der Waals surface area contributed by atoms with Gasteiger partial charge in [0.25, 0.3) is 0 Å². The first-order valence-corrected chi connectivity index (χ1v) is 5.48. The van der Waals surface area contributed by atoms with E-state index in [9.17, 15) is 0 Å². The number of nitrogen functional groups attached to an aromatic ring is 1. The van der Waals surface area contributed by atoms with Crippen LogP contribution in [0.4, 0.5) is 5.82 Å². The van der Waals surface area contributed by atoms with Crippen molar-refractivity contribution in [3.8, 4) is 0 Å². The van der Waals surface area contributed by atoms with E-state index in [1.807, 2.05) is 11.7 Å². The van der Waals surface area contributed by atoms with Gasteiger partial charge in [-0.3, -0.25) is 9.36 Å². The van der Waals surface area contributed by atoms with Crippen LogP contribution in [-0.2, 0) is 20.0 Å². The van der Waals surface area contributed by atoms with Gasteiger partial charge in [0.2, 0.25) is 0 Å². The summed E-state index contributed by atoms with van der Waals surface area (Å²) in [7, 11) is 1.92. The molecule has 16 heavy (non-hydrogen) atoms. The quantitative estimate of drug-likeness (QED) is 0.882. The minimum atomic E-state index is 0.361. The van der Waals surface area contributed by atoms with Gasteiger partial charge in [0.1, 0.15) is 5.02 Å². The van der Waals surface area contributed by atoms with Crippen molar-refractivity contribution in [2.45, 2.75) is 19.9 Å². The number of anilines is 1. The Morgan fingerprint density at radius 2 is 2.19 bits per heavy atom. The van der Waals surface area contributed by atoms with E-state index >= 15 is 0 Å². The van der Waals surface area contributed by atoms with Gasteiger partial charge < -0.3 is 5.73 Å². The van der Waals surface area contributed by atoms with E-state index in [-0.39, 0.29) is 0 Å². The highest BCUT2D eigenvalue weighted by Gasteiger charge is 2.07. The van der Waals surface area contributed by atoms with Crippen LogP contribution in [0.3, 0.4) is 0 Å². The first-order chi connectivity index (χ1) is 7.60. The number of halogens is 1. The molecule has 6 heteroatoms. The van der Waals surface area contributed by atoms with E-state index in [2.05, 4.69) is 23.2 Å². The van der Waals surface area contributed by atoms with E-state index in [4.69, 9.17) is 17.3 Å². The topological polar surface area (TPSA) is 61.7 Å². The first-order valence-electron chi connectivity index (χ1n) is 5.10. The van der Waals surface area contributed by atoms with Gasteiger partial charge in [0.15, 0.2) is 5.82 Å². The minimum absolute atomic E-state index is 0.361. The zero-order chi connectivity index (χ0) is 11.7. The van der Waals surface area contributed by atoms with E-state index < -0.39 is 0 Å². The Kier molecular flexibility index (Phi) is 2.87. The zero-order valence-electron chi connectivity index (χ0n) is 9.31. The number of aryl methyl sites for hydroxylation is 2. The minimum Gasteiger partial charge on any atom is -0.381 e. The van der Waals surface area contributed by atoms with Crippen LogP contribution in [0.25, 0.3) is 0 Å². The fourth-order valence-electron chi connectivity index (χ4n) is 1.55. The van der Waals surface area contributed by atoms with Crippen molar-refractivity contribution >= 4 is 17.4 Å². The van der Waals surface area contributed by atoms with Crippen molar-refractivity contribution < 1.29 is 0 Å². The standard InChI is InChI=1S/C10H14ClN5/c1-3-7-4-8(15(2)13-7)5-16-6-9(11)10(12)14-16/h4,6H,3,5H2,1-2H3,(H2,12,14). The maximum absolute atomic E-state index is 5.84. The lowest BCUT2D eigenvalue weighted by Crippen LogP contribution is -2.06. The second-order valence-electron chi connectivity index (χ2n) is 3.66. The maximum Gasteiger partial charge on any atom is 0.164 e. The zero-order valence-corrected chi connectivity index (χ0v) is 10.1. The second kappa shape index (κ2) is 4.17. The molecule has 5 nitrogen and oxygen atoms in total. The molecule has 2 heterocycles. The molecule has 0 unspecified atom stereocenters. The smallest absolute Gasteiger partial charge is 0.164 e. The third-order valence-electron chi connectivity index (χ3n) is 2.46. The number of nitrogens with zero attached hydrogens (tertiary/aromatic N) is 4. The van der Waals surface area contributed by atoms with E-state index in [1.54, 1.807) is 10.9 Å². The number of aromatic nitrogens is 4. The summed E-state index contributed by atoms with van der Waals surface area (Å²) in [4.78, 5) is 0. The van der Waals surface area contributed by atoms with Gasteiger partial charge >= 0.3 is 0 Å². The van der Waals surface area contributed by atoms with Gasteiger partial charge in [0.05, 0.1) is 17.9 Å². The summed E-state index contributed by atoms with van der Waals surface area (Å²) in [6.07, 6.45) is 2.64. The summed E-state index contributed by atoms with van der Waals surface area (Å²) < 4.78 is 3.57.